The molecule has 0 saturated carbocycles. The van der Waals surface area contributed by atoms with E-state index in [0.717, 1.165) is 0 Å². The molecular weight excluding hydrogens is 469 g/mol. The van der Waals surface area contributed by atoms with Crippen LogP contribution < -0.4 is 10.2 Å². The van der Waals surface area contributed by atoms with Crippen molar-refractivity contribution in [2.45, 2.75) is 0 Å². The highest BCUT2D eigenvalue weighted by molar-refractivity contribution is 5.94. The number of phenolic OH excluding ortho intramolecular Hbond substituents is 1. The summed E-state index contributed by atoms with van der Waals surface area (Å²) in [6.45, 7) is 2.10. The van der Waals surface area contributed by atoms with Gasteiger partial charge in [-0.25, -0.2) is 14.4 Å². The zero-order valence-corrected chi connectivity index (χ0v) is 18.8. The number of nitroso groups, excluding NO2 is 1. The smallest absolute Gasteiger partial charge is 0.260 e. The number of carbonyl (C=O) groups excluding carboxylic acids is 1. The quantitative estimate of drug-likeness (QED) is 0.208. The van der Waals surface area contributed by atoms with E-state index in [2.05, 4.69) is 20.5 Å². The number of morpholine rings is 1. The molecule has 0 atom stereocenters. The lowest BCUT2D eigenvalue weighted by atomic mass is 10.1. The molecule has 1 aliphatic rings. The fourth-order valence-electron chi connectivity index (χ4n) is 3.87. The lowest BCUT2D eigenvalue weighted by molar-refractivity contribution is 0.112. The number of hydrogen-bond donors (Lipinski definition) is 2. The predicted octanol–water partition coefficient (Wildman–Crippen LogP) is 5.03. The number of rotatable bonds is 7. The molecule has 0 amide bonds. The average molecular weight is 489 g/mol. The molecule has 2 aromatic carbocycles. The second-order valence-electron chi connectivity index (χ2n) is 7.97. The van der Waals surface area contributed by atoms with Crippen molar-refractivity contribution in [3.05, 3.63) is 70.3 Å². The van der Waals surface area contributed by atoms with Gasteiger partial charge in [-0.15, -0.1) is 4.91 Å². The number of fused-ring (bicyclic) bond motifs is 1. The SMILES string of the molecule is O=Cc1cc(Nc2nc(/C=C/c3ccc(N=O)o3)nc3cc(F)c(N4CCOCC4)cc23)ccc1O. The fourth-order valence-corrected chi connectivity index (χ4v) is 3.87. The number of benzene rings is 2. The van der Waals surface area contributed by atoms with Crippen molar-refractivity contribution >= 4 is 52.4 Å². The Hall–Kier alpha value is -4.64. The van der Waals surface area contributed by atoms with Gasteiger partial charge >= 0.3 is 0 Å². The third kappa shape index (κ3) is 4.77. The second-order valence-corrected chi connectivity index (χ2v) is 7.97. The van der Waals surface area contributed by atoms with Gasteiger partial charge in [0.15, 0.2) is 12.1 Å². The molecule has 1 aliphatic heterocycles. The van der Waals surface area contributed by atoms with Crippen LogP contribution in [0, 0.1) is 10.7 Å². The van der Waals surface area contributed by atoms with Crippen LogP contribution in [0.4, 0.5) is 27.5 Å². The summed E-state index contributed by atoms with van der Waals surface area (Å²) in [5, 5.41) is 16.3. The number of carbonyl (C=O) groups is 1. The van der Waals surface area contributed by atoms with Crippen LogP contribution in [0.5, 0.6) is 5.75 Å². The highest BCUT2D eigenvalue weighted by Crippen LogP contribution is 2.32. The van der Waals surface area contributed by atoms with Crippen molar-refractivity contribution in [1.82, 2.24) is 9.97 Å². The number of ether oxygens (including phenoxy) is 1. The maximum absolute atomic E-state index is 15.1. The van der Waals surface area contributed by atoms with Gasteiger partial charge in [-0.1, -0.05) is 0 Å². The molecule has 5 rings (SSSR count). The minimum absolute atomic E-state index is 0.0625. The third-order valence-corrected chi connectivity index (χ3v) is 5.65. The van der Waals surface area contributed by atoms with Gasteiger partial charge in [-0.05, 0) is 42.5 Å². The van der Waals surface area contributed by atoms with E-state index in [9.17, 15) is 14.8 Å². The molecule has 10 nitrogen and oxygen atoms in total. The van der Waals surface area contributed by atoms with E-state index in [1.165, 1.54) is 24.3 Å². The summed E-state index contributed by atoms with van der Waals surface area (Å²) >= 11 is 0. The number of aromatic hydroxyl groups is 1. The molecule has 182 valence electrons. The summed E-state index contributed by atoms with van der Waals surface area (Å²) in [5.41, 5.74) is 1.36. The Morgan fingerprint density at radius 1 is 1.08 bits per heavy atom. The topological polar surface area (TPSA) is 130 Å². The molecule has 4 aromatic rings. The van der Waals surface area contributed by atoms with E-state index >= 15 is 4.39 Å². The summed E-state index contributed by atoms with van der Waals surface area (Å²) in [6.07, 6.45) is 3.66. The third-order valence-electron chi connectivity index (χ3n) is 5.65. The largest absolute Gasteiger partial charge is 0.507 e. The fraction of sp³-hybridized carbons (Fsp3) is 0.160. The number of aromatic nitrogens is 2. The molecular formula is C25H20FN5O5. The molecule has 1 fully saturated rings. The van der Waals surface area contributed by atoms with Crippen LogP contribution in [0.15, 0.2) is 52.1 Å². The molecule has 0 unspecified atom stereocenters. The Morgan fingerprint density at radius 2 is 1.92 bits per heavy atom. The lowest BCUT2D eigenvalue weighted by Crippen LogP contribution is -2.36. The lowest BCUT2D eigenvalue weighted by Gasteiger charge is -2.29. The highest BCUT2D eigenvalue weighted by Gasteiger charge is 2.19. The summed E-state index contributed by atoms with van der Waals surface area (Å²) in [6, 6.07) is 10.5. The first-order valence-electron chi connectivity index (χ1n) is 11.0. The number of hydrogen-bond acceptors (Lipinski definition) is 10. The monoisotopic (exact) mass is 489 g/mol. The maximum atomic E-state index is 15.1. The maximum Gasteiger partial charge on any atom is 0.260 e. The van der Waals surface area contributed by atoms with Crippen LogP contribution >= 0.6 is 0 Å². The number of halogens is 1. The zero-order valence-electron chi connectivity index (χ0n) is 18.8. The van der Waals surface area contributed by atoms with E-state index in [-0.39, 0.29) is 23.0 Å². The number of anilines is 3. The molecule has 2 N–H and O–H groups in total. The van der Waals surface area contributed by atoms with Crippen molar-refractivity contribution in [2.24, 2.45) is 5.18 Å². The van der Waals surface area contributed by atoms with E-state index in [1.807, 2.05) is 4.90 Å². The van der Waals surface area contributed by atoms with Gasteiger partial charge in [0.2, 0.25) is 0 Å². The standard InChI is InChI=1S/C25H20FN5O5/c26-19-13-20-18(12-21(19)31-7-9-35-10-8-31)25(27-16-1-4-22(33)15(11-16)14-32)29-23(28-20)5-2-17-3-6-24(30-34)36-17/h1-6,11-14,33H,7-10H2,(H,27,28,29)/b5-2+. The molecule has 36 heavy (non-hydrogen) atoms. The molecule has 0 bridgehead atoms. The minimum atomic E-state index is -0.426. The summed E-state index contributed by atoms with van der Waals surface area (Å²) in [7, 11) is 0. The molecule has 0 spiro atoms. The van der Waals surface area contributed by atoms with Crippen molar-refractivity contribution in [2.75, 3.05) is 36.5 Å². The van der Waals surface area contributed by atoms with Crippen molar-refractivity contribution in [1.29, 1.82) is 0 Å². The van der Waals surface area contributed by atoms with Gasteiger partial charge in [-0.3, -0.25) is 4.79 Å². The van der Waals surface area contributed by atoms with Crippen LogP contribution in [0.1, 0.15) is 21.9 Å². The number of phenols is 1. The van der Waals surface area contributed by atoms with Gasteiger partial charge in [-0.2, -0.15) is 0 Å². The molecule has 2 aromatic heterocycles. The molecule has 0 radical (unpaired) electrons. The normalized spacial score (nSPS) is 13.9. The highest BCUT2D eigenvalue weighted by atomic mass is 19.1. The molecule has 1 saturated heterocycles. The summed E-state index contributed by atoms with van der Waals surface area (Å²) in [5.74, 6) is 0.343. The van der Waals surface area contributed by atoms with Crippen LogP contribution in [0.2, 0.25) is 0 Å². The van der Waals surface area contributed by atoms with Crippen molar-refractivity contribution < 1.29 is 23.4 Å². The first-order valence-corrected chi connectivity index (χ1v) is 11.0. The van der Waals surface area contributed by atoms with Gasteiger partial charge in [0.1, 0.15) is 23.1 Å². The van der Waals surface area contributed by atoms with Gasteiger partial charge in [0, 0.05) is 41.5 Å². The molecule has 3 heterocycles. The minimum Gasteiger partial charge on any atom is -0.507 e. The average Bonchev–Trinajstić information content (AvgIpc) is 3.37. The number of aldehydes is 1. The zero-order chi connectivity index (χ0) is 25.1. The molecule has 11 heteroatoms. The Labute approximate surface area is 204 Å². The van der Waals surface area contributed by atoms with Crippen LogP contribution in [0.3, 0.4) is 0 Å². The van der Waals surface area contributed by atoms with Crippen molar-refractivity contribution in [3.63, 3.8) is 0 Å². The Balaban J connectivity index is 1.59. The van der Waals surface area contributed by atoms with Gasteiger partial charge in [0.25, 0.3) is 5.88 Å². The van der Waals surface area contributed by atoms with Crippen LogP contribution in [-0.4, -0.2) is 47.7 Å². The summed E-state index contributed by atoms with van der Waals surface area (Å²) < 4.78 is 25.7. The second kappa shape index (κ2) is 9.92. The summed E-state index contributed by atoms with van der Waals surface area (Å²) in [4.78, 5) is 32.8. The Bertz CT molecular complexity index is 1480. The van der Waals surface area contributed by atoms with Crippen molar-refractivity contribution in [3.8, 4) is 5.75 Å². The number of nitrogens with zero attached hydrogens (tertiary/aromatic N) is 4. The first kappa shape index (κ1) is 23.1. The Morgan fingerprint density at radius 3 is 2.67 bits per heavy atom. The number of nitrogens with one attached hydrogen (secondary N) is 1. The van der Waals surface area contributed by atoms with E-state index in [1.54, 1.807) is 30.4 Å². The Kier molecular flexibility index (Phi) is 6.37. The predicted molar refractivity (Wildman–Crippen MR) is 132 cm³/mol. The van der Waals surface area contributed by atoms with E-state index in [4.69, 9.17) is 9.15 Å². The van der Waals surface area contributed by atoms with E-state index in [0.29, 0.717) is 66.4 Å². The van der Waals surface area contributed by atoms with Crippen LogP contribution in [0.25, 0.3) is 23.1 Å². The van der Waals surface area contributed by atoms with E-state index < -0.39 is 5.82 Å². The van der Waals surface area contributed by atoms with Crippen LogP contribution in [-0.2, 0) is 4.74 Å². The van der Waals surface area contributed by atoms with Gasteiger partial charge < -0.3 is 24.5 Å². The molecule has 0 aliphatic carbocycles. The first-order chi connectivity index (χ1) is 17.5. The van der Waals surface area contributed by atoms with Gasteiger partial charge in [0.05, 0.1) is 30.0 Å². The number of furan rings is 1.